The van der Waals surface area contributed by atoms with Gasteiger partial charge in [0.15, 0.2) is 0 Å². The molecule has 0 bridgehead atoms. The zero-order valence-corrected chi connectivity index (χ0v) is 13.2. The first kappa shape index (κ1) is 17.8. The Hall–Kier alpha value is -3.55. The summed E-state index contributed by atoms with van der Waals surface area (Å²) in [6, 6.07) is 14.9. The Bertz CT molecular complexity index is 790. The van der Waals surface area contributed by atoms with Crippen LogP contribution in [0.3, 0.4) is 0 Å². The largest absolute Gasteiger partial charge is 0.326 e. The van der Waals surface area contributed by atoms with Crippen LogP contribution in [0.15, 0.2) is 59.7 Å². The van der Waals surface area contributed by atoms with Crippen LogP contribution in [-0.2, 0) is 9.59 Å². The minimum atomic E-state index is -0.531. The Labute approximate surface area is 143 Å². The van der Waals surface area contributed by atoms with Crippen molar-refractivity contribution in [2.24, 2.45) is 5.10 Å². The number of carbonyl (C=O) groups is 2. The molecule has 2 N–H and O–H groups in total. The van der Waals surface area contributed by atoms with Crippen LogP contribution >= 0.6 is 0 Å². The van der Waals surface area contributed by atoms with E-state index < -0.39 is 10.8 Å². The minimum Gasteiger partial charge on any atom is -0.326 e. The van der Waals surface area contributed by atoms with Crippen LogP contribution in [0.4, 0.5) is 11.4 Å². The summed E-state index contributed by atoms with van der Waals surface area (Å²) >= 11 is 0. The molecule has 8 nitrogen and oxygen atoms in total. The molecule has 2 rings (SSSR count). The van der Waals surface area contributed by atoms with Gasteiger partial charge >= 0.3 is 0 Å². The van der Waals surface area contributed by atoms with E-state index in [4.69, 9.17) is 0 Å². The first-order chi connectivity index (χ1) is 12.1. The van der Waals surface area contributed by atoms with Gasteiger partial charge in [-0.1, -0.05) is 30.3 Å². The van der Waals surface area contributed by atoms with Crippen molar-refractivity contribution in [3.05, 3.63) is 70.3 Å². The number of anilines is 1. The second kappa shape index (κ2) is 8.92. The second-order valence-electron chi connectivity index (χ2n) is 5.02. The Morgan fingerprint density at radius 1 is 1.00 bits per heavy atom. The van der Waals surface area contributed by atoms with E-state index in [1.165, 1.54) is 18.3 Å². The molecule has 0 fully saturated rings. The maximum absolute atomic E-state index is 11.7. The lowest BCUT2D eigenvalue weighted by molar-refractivity contribution is -0.385. The fourth-order valence-electron chi connectivity index (χ4n) is 1.96. The number of hydrazone groups is 1. The summed E-state index contributed by atoms with van der Waals surface area (Å²) in [5, 5.41) is 17.2. The number of nitrogens with zero attached hydrogens (tertiary/aromatic N) is 2. The number of amides is 2. The highest BCUT2D eigenvalue weighted by Gasteiger charge is 2.10. The highest BCUT2D eigenvalue weighted by molar-refractivity contribution is 5.93. The molecule has 0 aliphatic carbocycles. The molecule has 0 radical (unpaired) electrons. The van der Waals surface area contributed by atoms with Crippen LogP contribution in [-0.4, -0.2) is 23.0 Å². The number of benzene rings is 2. The average molecular weight is 340 g/mol. The number of para-hydroxylation sites is 2. The first-order valence-corrected chi connectivity index (χ1v) is 7.46. The van der Waals surface area contributed by atoms with Gasteiger partial charge in [-0.05, 0) is 18.2 Å². The third-order valence-electron chi connectivity index (χ3n) is 3.16. The summed E-state index contributed by atoms with van der Waals surface area (Å²) in [5.74, 6) is -0.748. The van der Waals surface area contributed by atoms with Crippen molar-refractivity contribution in [3.8, 4) is 0 Å². The van der Waals surface area contributed by atoms with Crippen LogP contribution in [0.1, 0.15) is 18.4 Å². The zero-order valence-electron chi connectivity index (χ0n) is 13.2. The number of nitro groups is 1. The Morgan fingerprint density at radius 2 is 1.64 bits per heavy atom. The predicted octanol–water partition coefficient (Wildman–Crippen LogP) is 2.46. The molecule has 2 amide bonds. The van der Waals surface area contributed by atoms with Crippen LogP contribution in [0.25, 0.3) is 0 Å². The summed E-state index contributed by atoms with van der Waals surface area (Å²) in [5.41, 5.74) is 3.06. The molecule has 0 unspecified atom stereocenters. The summed E-state index contributed by atoms with van der Waals surface area (Å²) in [4.78, 5) is 33.7. The second-order valence-corrected chi connectivity index (χ2v) is 5.02. The van der Waals surface area contributed by atoms with Crippen LogP contribution in [0, 0.1) is 10.1 Å². The van der Waals surface area contributed by atoms with E-state index in [1.807, 2.05) is 6.07 Å². The van der Waals surface area contributed by atoms with Crippen molar-refractivity contribution < 1.29 is 14.5 Å². The van der Waals surface area contributed by atoms with Gasteiger partial charge in [0.1, 0.15) is 0 Å². The van der Waals surface area contributed by atoms with Crippen molar-refractivity contribution in [3.63, 3.8) is 0 Å². The highest BCUT2D eigenvalue weighted by atomic mass is 16.6. The maximum Gasteiger partial charge on any atom is 0.278 e. The van der Waals surface area contributed by atoms with Gasteiger partial charge in [-0.25, -0.2) is 5.43 Å². The molecule has 0 spiro atoms. The standard InChI is InChI=1S/C17H16N4O4/c22-16(19-14-7-2-1-3-8-14)10-11-17(23)20-18-12-13-6-4-5-9-15(13)21(24)25/h1-9,12H,10-11H2,(H,19,22)(H,20,23)/b18-12+. The molecule has 128 valence electrons. The summed E-state index contributed by atoms with van der Waals surface area (Å²) in [6.07, 6.45) is 1.15. The van der Waals surface area contributed by atoms with Gasteiger partial charge < -0.3 is 5.32 Å². The smallest absolute Gasteiger partial charge is 0.278 e. The van der Waals surface area contributed by atoms with E-state index in [2.05, 4.69) is 15.8 Å². The van der Waals surface area contributed by atoms with E-state index in [-0.39, 0.29) is 30.0 Å². The number of rotatable bonds is 7. The predicted molar refractivity (Wildman–Crippen MR) is 93.1 cm³/mol. The minimum absolute atomic E-state index is 0.00172. The highest BCUT2D eigenvalue weighted by Crippen LogP contribution is 2.15. The first-order valence-electron chi connectivity index (χ1n) is 7.46. The third-order valence-corrected chi connectivity index (χ3v) is 3.16. The van der Waals surface area contributed by atoms with Crippen LogP contribution in [0.5, 0.6) is 0 Å². The third kappa shape index (κ3) is 5.87. The van der Waals surface area contributed by atoms with E-state index in [0.717, 1.165) is 0 Å². The van der Waals surface area contributed by atoms with Gasteiger partial charge in [0, 0.05) is 24.6 Å². The van der Waals surface area contributed by atoms with Crippen molar-refractivity contribution >= 4 is 29.4 Å². The van der Waals surface area contributed by atoms with Gasteiger partial charge in [-0.2, -0.15) is 5.10 Å². The average Bonchev–Trinajstić information content (AvgIpc) is 2.61. The normalized spacial score (nSPS) is 10.4. The molecule has 8 heteroatoms. The van der Waals surface area contributed by atoms with E-state index in [1.54, 1.807) is 36.4 Å². The van der Waals surface area contributed by atoms with Gasteiger partial charge in [0.2, 0.25) is 11.8 Å². The Balaban J connectivity index is 1.79. The molecule has 0 aliphatic rings. The molecule has 25 heavy (non-hydrogen) atoms. The number of carbonyl (C=O) groups excluding carboxylic acids is 2. The fraction of sp³-hybridized carbons (Fsp3) is 0.118. The summed E-state index contributed by atoms with van der Waals surface area (Å²) < 4.78 is 0. The molecular formula is C17H16N4O4. The molecule has 2 aromatic carbocycles. The van der Waals surface area contributed by atoms with Crippen molar-refractivity contribution in [2.75, 3.05) is 5.32 Å². The van der Waals surface area contributed by atoms with Crippen LogP contribution < -0.4 is 10.7 Å². The number of hydrogen-bond acceptors (Lipinski definition) is 5. The monoisotopic (exact) mass is 340 g/mol. The van der Waals surface area contributed by atoms with E-state index in [0.29, 0.717) is 5.69 Å². The molecule has 2 aromatic rings. The van der Waals surface area contributed by atoms with Gasteiger partial charge in [0.05, 0.1) is 16.7 Å². The lowest BCUT2D eigenvalue weighted by Gasteiger charge is -2.04. The molecule has 0 saturated carbocycles. The Kier molecular flexibility index (Phi) is 6.35. The van der Waals surface area contributed by atoms with Crippen molar-refractivity contribution in [1.29, 1.82) is 0 Å². The SMILES string of the molecule is O=C(CCC(=O)Nc1ccccc1)N/N=C/c1ccccc1[N+](=O)[O-]. The molecular weight excluding hydrogens is 324 g/mol. The van der Waals surface area contributed by atoms with Crippen LogP contribution in [0.2, 0.25) is 0 Å². The molecule has 0 saturated heterocycles. The number of nitrogens with one attached hydrogen (secondary N) is 2. The number of nitro benzene ring substituents is 1. The zero-order chi connectivity index (χ0) is 18.1. The van der Waals surface area contributed by atoms with Gasteiger partial charge in [0.25, 0.3) is 5.69 Å². The lowest BCUT2D eigenvalue weighted by atomic mass is 10.2. The molecule has 0 aliphatic heterocycles. The van der Waals surface area contributed by atoms with Crippen molar-refractivity contribution in [1.82, 2.24) is 5.43 Å². The van der Waals surface area contributed by atoms with E-state index in [9.17, 15) is 19.7 Å². The molecule has 0 aromatic heterocycles. The topological polar surface area (TPSA) is 114 Å². The summed E-state index contributed by atoms with van der Waals surface area (Å²) in [7, 11) is 0. The Morgan fingerprint density at radius 3 is 2.36 bits per heavy atom. The maximum atomic E-state index is 11.7. The van der Waals surface area contributed by atoms with E-state index >= 15 is 0 Å². The molecule has 0 atom stereocenters. The molecule has 0 heterocycles. The quantitative estimate of drug-likeness (QED) is 0.458. The lowest BCUT2D eigenvalue weighted by Crippen LogP contribution is -2.20. The fourth-order valence-corrected chi connectivity index (χ4v) is 1.96. The summed E-state index contributed by atoms with van der Waals surface area (Å²) in [6.45, 7) is 0. The van der Waals surface area contributed by atoms with Gasteiger partial charge in [-0.3, -0.25) is 19.7 Å². The number of hydrogen-bond donors (Lipinski definition) is 2. The van der Waals surface area contributed by atoms with Crippen molar-refractivity contribution in [2.45, 2.75) is 12.8 Å². The van der Waals surface area contributed by atoms with Gasteiger partial charge in [-0.15, -0.1) is 0 Å².